The lowest BCUT2D eigenvalue weighted by Gasteiger charge is -2.26. The zero-order chi connectivity index (χ0) is 24.8. The molecule has 0 unspecified atom stereocenters. The lowest BCUT2D eigenvalue weighted by Crippen LogP contribution is -2.41. The molecule has 0 aliphatic heterocycles. The minimum Gasteiger partial charge on any atom is -0.481 e. The first-order chi connectivity index (χ1) is 17.0. The van der Waals surface area contributed by atoms with E-state index in [-0.39, 0.29) is 43.4 Å². The molecule has 0 aromatic heterocycles. The van der Waals surface area contributed by atoms with Gasteiger partial charge in [-0.3, -0.25) is 9.59 Å². The fraction of sp³-hybridized carbons (Fsp3) is 0.464. The number of amides is 2. The fourth-order valence-electron chi connectivity index (χ4n) is 5.48. The summed E-state index contributed by atoms with van der Waals surface area (Å²) in [6.07, 6.45) is 3.19. The normalized spacial score (nSPS) is 18.5. The molecule has 35 heavy (non-hydrogen) atoms. The topological polar surface area (TPSA) is 95.9 Å². The molecule has 0 bridgehead atoms. The van der Waals surface area contributed by atoms with Crippen LogP contribution < -0.4 is 5.32 Å². The average molecular weight is 479 g/mol. The maximum Gasteiger partial charge on any atom is 0.407 e. The maximum absolute atomic E-state index is 12.9. The highest BCUT2D eigenvalue weighted by molar-refractivity contribution is 5.79. The predicted molar refractivity (Wildman–Crippen MR) is 133 cm³/mol. The zero-order valence-electron chi connectivity index (χ0n) is 20.2. The van der Waals surface area contributed by atoms with E-state index in [1.54, 1.807) is 4.90 Å². The minimum atomic E-state index is -0.908. The molecule has 186 valence electrons. The van der Waals surface area contributed by atoms with E-state index in [0.29, 0.717) is 13.0 Å². The van der Waals surface area contributed by atoms with Crippen LogP contribution in [0.5, 0.6) is 0 Å². The summed E-state index contributed by atoms with van der Waals surface area (Å²) in [5.74, 6) is -0.910. The molecule has 0 saturated heterocycles. The summed E-state index contributed by atoms with van der Waals surface area (Å²) < 4.78 is 5.70. The average Bonchev–Trinajstić information content (AvgIpc) is 3.42. The summed E-state index contributed by atoms with van der Waals surface area (Å²) in [4.78, 5) is 38.2. The van der Waals surface area contributed by atoms with Crippen LogP contribution in [0.25, 0.3) is 11.1 Å². The second kappa shape index (κ2) is 11.4. The van der Waals surface area contributed by atoms with Crippen LogP contribution in [0.1, 0.15) is 62.5 Å². The smallest absolute Gasteiger partial charge is 0.407 e. The van der Waals surface area contributed by atoms with E-state index in [0.717, 1.165) is 25.7 Å². The van der Waals surface area contributed by atoms with Crippen LogP contribution in [0.4, 0.5) is 4.79 Å². The second-order valence-electron chi connectivity index (χ2n) is 9.50. The number of nitrogens with one attached hydrogen (secondary N) is 1. The Labute approximate surface area is 206 Å². The number of hydrogen-bond acceptors (Lipinski definition) is 4. The van der Waals surface area contributed by atoms with Gasteiger partial charge in [0.2, 0.25) is 5.91 Å². The summed E-state index contributed by atoms with van der Waals surface area (Å²) >= 11 is 0. The van der Waals surface area contributed by atoms with Gasteiger partial charge in [-0.05, 0) is 47.4 Å². The molecule has 7 heteroatoms. The van der Waals surface area contributed by atoms with Crippen molar-refractivity contribution >= 4 is 18.0 Å². The molecule has 2 atom stereocenters. The molecule has 0 heterocycles. The Hall–Kier alpha value is -3.35. The summed E-state index contributed by atoms with van der Waals surface area (Å²) in [6.45, 7) is 3.00. The number of rotatable bonds is 10. The van der Waals surface area contributed by atoms with Crippen molar-refractivity contribution in [2.45, 2.75) is 57.4 Å². The molecule has 2 aromatic carbocycles. The summed E-state index contributed by atoms with van der Waals surface area (Å²) in [5, 5.41) is 12.0. The number of nitrogens with zero attached hydrogens (tertiary/aromatic N) is 1. The molecular formula is C28H34N2O5. The number of benzene rings is 2. The summed E-state index contributed by atoms with van der Waals surface area (Å²) in [6, 6.07) is 16.3. The van der Waals surface area contributed by atoms with Crippen LogP contribution in [0, 0.1) is 5.92 Å². The Bertz CT molecular complexity index is 1020. The van der Waals surface area contributed by atoms with Crippen molar-refractivity contribution < 1.29 is 24.2 Å². The standard InChI is InChI=1S/C28H34N2O5/c1-2-15-30(16-14-27(32)33)26(31)17-19-8-7-13-25(19)29-28(34)35-18-24-22-11-5-3-9-20(22)21-10-4-6-12-23(21)24/h3-6,9-12,19,24-25H,2,7-8,13-18H2,1H3,(H,29,34)(H,32,33)/t19-,25+/m0/s1. The van der Waals surface area contributed by atoms with Crippen molar-refractivity contribution in [3.8, 4) is 11.1 Å². The van der Waals surface area contributed by atoms with Crippen LogP contribution in [0.15, 0.2) is 48.5 Å². The van der Waals surface area contributed by atoms with Crippen LogP contribution in [0.3, 0.4) is 0 Å². The van der Waals surface area contributed by atoms with E-state index >= 15 is 0 Å². The van der Waals surface area contributed by atoms with Gasteiger partial charge in [0.1, 0.15) is 6.61 Å². The number of ether oxygens (including phenoxy) is 1. The van der Waals surface area contributed by atoms with Crippen LogP contribution >= 0.6 is 0 Å². The molecule has 4 rings (SSSR count). The molecule has 0 spiro atoms. The quantitative estimate of drug-likeness (QED) is 0.512. The lowest BCUT2D eigenvalue weighted by molar-refractivity contribution is -0.138. The number of alkyl carbamates (subject to hydrolysis) is 1. The van der Waals surface area contributed by atoms with Gasteiger partial charge in [0.15, 0.2) is 0 Å². The molecule has 7 nitrogen and oxygen atoms in total. The van der Waals surface area contributed by atoms with Gasteiger partial charge in [-0.2, -0.15) is 0 Å². The summed E-state index contributed by atoms with van der Waals surface area (Å²) in [7, 11) is 0. The Morgan fingerprint density at radius 3 is 2.29 bits per heavy atom. The number of fused-ring (bicyclic) bond motifs is 3. The molecule has 1 fully saturated rings. The van der Waals surface area contributed by atoms with Crippen molar-refractivity contribution in [3.63, 3.8) is 0 Å². The number of carbonyl (C=O) groups excluding carboxylic acids is 2. The Morgan fingerprint density at radius 2 is 1.66 bits per heavy atom. The highest BCUT2D eigenvalue weighted by Gasteiger charge is 2.33. The van der Waals surface area contributed by atoms with Crippen LogP contribution in [-0.4, -0.2) is 53.7 Å². The molecular weight excluding hydrogens is 444 g/mol. The summed E-state index contributed by atoms with van der Waals surface area (Å²) in [5.41, 5.74) is 4.71. The third-order valence-electron chi connectivity index (χ3n) is 7.18. The second-order valence-corrected chi connectivity index (χ2v) is 9.50. The molecule has 2 aliphatic carbocycles. The lowest BCUT2D eigenvalue weighted by atomic mass is 9.98. The van der Waals surface area contributed by atoms with Gasteiger partial charge in [-0.15, -0.1) is 0 Å². The maximum atomic E-state index is 12.9. The Kier molecular flexibility index (Phi) is 8.06. The number of aliphatic carboxylic acids is 1. The van der Waals surface area contributed by atoms with E-state index < -0.39 is 12.1 Å². The SMILES string of the molecule is CCCN(CCC(=O)O)C(=O)C[C@@H]1CCC[C@H]1NC(=O)OCC1c2ccccc2-c2ccccc21. The highest BCUT2D eigenvalue weighted by Crippen LogP contribution is 2.44. The van der Waals surface area contributed by atoms with Gasteiger partial charge in [0, 0.05) is 31.5 Å². The zero-order valence-corrected chi connectivity index (χ0v) is 20.2. The number of carbonyl (C=O) groups is 3. The molecule has 0 radical (unpaired) electrons. The molecule has 2 N–H and O–H groups in total. The van der Waals surface area contributed by atoms with E-state index in [9.17, 15) is 14.4 Å². The highest BCUT2D eigenvalue weighted by atomic mass is 16.5. The third kappa shape index (κ3) is 5.84. The van der Waals surface area contributed by atoms with Crippen molar-refractivity contribution in [2.24, 2.45) is 5.92 Å². The van der Waals surface area contributed by atoms with Gasteiger partial charge < -0.3 is 20.1 Å². The van der Waals surface area contributed by atoms with Gasteiger partial charge in [-0.1, -0.05) is 61.9 Å². The molecule has 2 aromatic rings. The first-order valence-corrected chi connectivity index (χ1v) is 12.6. The van der Waals surface area contributed by atoms with Crippen LogP contribution in [0.2, 0.25) is 0 Å². The van der Waals surface area contributed by atoms with Crippen LogP contribution in [-0.2, 0) is 14.3 Å². The molecule has 2 amide bonds. The first-order valence-electron chi connectivity index (χ1n) is 12.6. The van der Waals surface area contributed by atoms with E-state index in [4.69, 9.17) is 9.84 Å². The number of carboxylic acid groups (broad SMARTS) is 1. The molecule has 1 saturated carbocycles. The van der Waals surface area contributed by atoms with E-state index in [1.807, 2.05) is 31.2 Å². The number of hydrogen-bond donors (Lipinski definition) is 2. The van der Waals surface area contributed by atoms with Gasteiger partial charge >= 0.3 is 12.1 Å². The van der Waals surface area contributed by atoms with E-state index in [1.165, 1.54) is 22.3 Å². The predicted octanol–water partition coefficient (Wildman–Crippen LogP) is 4.80. The van der Waals surface area contributed by atoms with Crippen molar-refractivity contribution in [1.29, 1.82) is 0 Å². The fourth-order valence-corrected chi connectivity index (χ4v) is 5.48. The van der Waals surface area contributed by atoms with E-state index in [2.05, 4.69) is 29.6 Å². The largest absolute Gasteiger partial charge is 0.481 e. The Balaban J connectivity index is 1.33. The van der Waals surface area contributed by atoms with Crippen molar-refractivity contribution in [2.75, 3.05) is 19.7 Å². The number of carboxylic acids is 1. The monoisotopic (exact) mass is 478 g/mol. The van der Waals surface area contributed by atoms with Gasteiger partial charge in [0.05, 0.1) is 6.42 Å². The van der Waals surface area contributed by atoms with Crippen molar-refractivity contribution in [1.82, 2.24) is 10.2 Å². The Morgan fingerprint density at radius 1 is 1.00 bits per heavy atom. The first kappa shape index (κ1) is 24.8. The van der Waals surface area contributed by atoms with Gasteiger partial charge in [0.25, 0.3) is 0 Å². The molecule has 2 aliphatic rings. The van der Waals surface area contributed by atoms with Crippen molar-refractivity contribution in [3.05, 3.63) is 59.7 Å². The third-order valence-corrected chi connectivity index (χ3v) is 7.18. The minimum absolute atomic E-state index is 0.00550. The van der Waals surface area contributed by atoms with Gasteiger partial charge in [-0.25, -0.2) is 4.79 Å².